The predicted molar refractivity (Wildman–Crippen MR) is 110 cm³/mol. The highest BCUT2D eigenvalue weighted by Crippen LogP contribution is 2.21. The number of esters is 1. The zero-order chi connectivity index (χ0) is 19.8. The minimum absolute atomic E-state index is 0.0212. The monoisotopic (exact) mass is 383 g/mol. The van der Waals surface area contributed by atoms with Gasteiger partial charge in [0.15, 0.2) is 11.8 Å². The molecular formula is C21H34ClNO3. The van der Waals surface area contributed by atoms with Gasteiger partial charge >= 0.3 is 5.97 Å². The van der Waals surface area contributed by atoms with E-state index in [2.05, 4.69) is 30.4 Å². The molecule has 0 unspecified atom stereocenters. The van der Waals surface area contributed by atoms with Crippen LogP contribution in [0.2, 0.25) is 0 Å². The number of carbonyl (C=O) groups is 2. The molecule has 1 aromatic carbocycles. The van der Waals surface area contributed by atoms with Crippen molar-refractivity contribution in [3.05, 3.63) is 29.8 Å². The van der Waals surface area contributed by atoms with Crippen LogP contribution < -0.4 is 4.90 Å². The number of carbonyl (C=O) groups excluding carboxylic acids is 2. The maximum atomic E-state index is 11.7. The SMILES string of the molecule is CCC(=O)c1ccccc1N(CC)CC.CCCCCCC(=O)OCCl. The molecule has 0 saturated heterocycles. The van der Waals surface area contributed by atoms with Crippen LogP contribution in [0.25, 0.3) is 0 Å². The first-order valence-corrected chi connectivity index (χ1v) is 10.2. The molecule has 148 valence electrons. The van der Waals surface area contributed by atoms with Gasteiger partial charge in [0.2, 0.25) is 0 Å². The van der Waals surface area contributed by atoms with Crippen LogP contribution in [0.5, 0.6) is 0 Å². The highest BCUT2D eigenvalue weighted by molar-refractivity contribution is 6.17. The van der Waals surface area contributed by atoms with Crippen molar-refractivity contribution in [2.45, 2.75) is 66.2 Å². The fourth-order valence-corrected chi connectivity index (χ4v) is 2.69. The smallest absolute Gasteiger partial charge is 0.306 e. The van der Waals surface area contributed by atoms with Crippen molar-refractivity contribution in [2.75, 3.05) is 24.1 Å². The fourth-order valence-electron chi connectivity index (χ4n) is 2.57. The summed E-state index contributed by atoms with van der Waals surface area (Å²) in [6.07, 6.45) is 5.47. The lowest BCUT2D eigenvalue weighted by Gasteiger charge is -2.23. The molecule has 0 aliphatic heterocycles. The molecule has 0 atom stereocenters. The minimum atomic E-state index is -0.184. The van der Waals surface area contributed by atoms with Crippen molar-refractivity contribution in [1.82, 2.24) is 0 Å². The lowest BCUT2D eigenvalue weighted by molar-refractivity contribution is -0.141. The van der Waals surface area contributed by atoms with E-state index in [0.717, 1.165) is 37.2 Å². The number of unbranched alkanes of at least 4 members (excludes halogenated alkanes) is 3. The summed E-state index contributed by atoms with van der Waals surface area (Å²) in [7, 11) is 0. The molecule has 1 aromatic rings. The number of benzene rings is 1. The number of rotatable bonds is 11. The second-order valence-corrected chi connectivity index (χ2v) is 6.12. The van der Waals surface area contributed by atoms with Gasteiger partial charge in [-0.05, 0) is 32.4 Å². The van der Waals surface area contributed by atoms with Gasteiger partial charge in [-0.1, -0.05) is 56.8 Å². The first kappa shape index (κ1) is 24.5. The summed E-state index contributed by atoms with van der Waals surface area (Å²) in [5.41, 5.74) is 1.91. The van der Waals surface area contributed by atoms with Crippen molar-refractivity contribution < 1.29 is 14.3 Å². The zero-order valence-corrected chi connectivity index (χ0v) is 17.5. The Bertz CT molecular complexity index is 516. The number of para-hydroxylation sites is 1. The topological polar surface area (TPSA) is 46.6 Å². The van der Waals surface area contributed by atoms with Gasteiger partial charge < -0.3 is 9.64 Å². The molecular weight excluding hydrogens is 350 g/mol. The third-order valence-corrected chi connectivity index (χ3v) is 4.19. The molecule has 0 aromatic heterocycles. The van der Waals surface area contributed by atoms with Crippen molar-refractivity contribution in [1.29, 1.82) is 0 Å². The van der Waals surface area contributed by atoms with Crippen LogP contribution in [-0.4, -0.2) is 30.9 Å². The van der Waals surface area contributed by atoms with E-state index < -0.39 is 0 Å². The Balaban J connectivity index is 0.000000508. The molecule has 0 aliphatic rings. The molecule has 26 heavy (non-hydrogen) atoms. The van der Waals surface area contributed by atoms with Crippen molar-refractivity contribution in [3.63, 3.8) is 0 Å². The Morgan fingerprint density at radius 3 is 2.19 bits per heavy atom. The van der Waals surface area contributed by atoms with E-state index in [1.165, 1.54) is 12.8 Å². The molecule has 0 amide bonds. The Kier molecular flexibility index (Phi) is 14.8. The Labute approximate surface area is 163 Å². The van der Waals surface area contributed by atoms with Gasteiger partial charge in [-0.25, -0.2) is 0 Å². The summed E-state index contributed by atoms with van der Waals surface area (Å²) in [5, 5.41) is 0. The second-order valence-electron chi connectivity index (χ2n) is 5.90. The number of halogens is 1. The third kappa shape index (κ3) is 9.81. The lowest BCUT2D eigenvalue weighted by atomic mass is 10.1. The van der Waals surface area contributed by atoms with Gasteiger partial charge in [0.1, 0.15) is 0 Å². The van der Waals surface area contributed by atoms with E-state index in [-0.39, 0.29) is 17.8 Å². The van der Waals surface area contributed by atoms with Crippen LogP contribution in [-0.2, 0) is 9.53 Å². The molecule has 0 spiro atoms. The molecule has 0 heterocycles. The zero-order valence-electron chi connectivity index (χ0n) is 16.7. The van der Waals surface area contributed by atoms with E-state index >= 15 is 0 Å². The number of hydrogen-bond donors (Lipinski definition) is 0. The van der Waals surface area contributed by atoms with Gasteiger partial charge in [0.25, 0.3) is 0 Å². The maximum absolute atomic E-state index is 11.7. The van der Waals surface area contributed by atoms with Crippen LogP contribution in [0, 0.1) is 0 Å². The van der Waals surface area contributed by atoms with Gasteiger partial charge in [-0.3, -0.25) is 9.59 Å². The molecule has 5 heteroatoms. The Morgan fingerprint density at radius 1 is 1.00 bits per heavy atom. The number of nitrogens with zero attached hydrogens (tertiary/aromatic N) is 1. The molecule has 0 fully saturated rings. The number of ether oxygens (including phenoxy) is 1. The van der Waals surface area contributed by atoms with Crippen molar-refractivity contribution in [3.8, 4) is 0 Å². The minimum Gasteiger partial charge on any atom is -0.449 e. The Hall–Kier alpha value is -1.55. The number of Topliss-reactive ketones (excluding diaryl/α,β-unsaturated/α-hetero) is 1. The summed E-state index contributed by atoms with van der Waals surface area (Å²) < 4.78 is 4.55. The number of anilines is 1. The molecule has 0 radical (unpaired) electrons. The summed E-state index contributed by atoms with van der Waals surface area (Å²) in [5.74, 6) is 0.0357. The number of ketones is 1. The van der Waals surface area contributed by atoms with Crippen LogP contribution in [0.3, 0.4) is 0 Å². The van der Waals surface area contributed by atoms with E-state index in [1.54, 1.807) is 0 Å². The van der Waals surface area contributed by atoms with Gasteiger partial charge in [0, 0.05) is 37.2 Å². The largest absolute Gasteiger partial charge is 0.449 e. The molecule has 0 N–H and O–H groups in total. The molecule has 0 saturated carbocycles. The molecule has 0 bridgehead atoms. The maximum Gasteiger partial charge on any atom is 0.306 e. The van der Waals surface area contributed by atoms with Gasteiger partial charge in [-0.15, -0.1) is 0 Å². The van der Waals surface area contributed by atoms with Gasteiger partial charge in [0.05, 0.1) is 0 Å². The van der Waals surface area contributed by atoms with Crippen LogP contribution in [0.4, 0.5) is 5.69 Å². The lowest BCUT2D eigenvalue weighted by Crippen LogP contribution is -2.24. The summed E-state index contributed by atoms with van der Waals surface area (Å²) in [4.78, 5) is 24.7. The number of hydrogen-bond acceptors (Lipinski definition) is 4. The fraction of sp³-hybridized carbons (Fsp3) is 0.619. The predicted octanol–water partition coefficient (Wildman–Crippen LogP) is 5.82. The molecule has 0 aliphatic carbocycles. The average molecular weight is 384 g/mol. The van der Waals surface area contributed by atoms with E-state index in [4.69, 9.17) is 11.6 Å². The molecule has 1 rings (SSSR count). The van der Waals surface area contributed by atoms with Gasteiger partial charge in [-0.2, -0.15) is 0 Å². The average Bonchev–Trinajstić information content (AvgIpc) is 2.67. The molecule has 4 nitrogen and oxygen atoms in total. The Morgan fingerprint density at radius 2 is 1.65 bits per heavy atom. The highest BCUT2D eigenvalue weighted by Gasteiger charge is 2.12. The van der Waals surface area contributed by atoms with E-state index in [0.29, 0.717) is 12.8 Å². The third-order valence-electron chi connectivity index (χ3n) is 4.08. The first-order chi connectivity index (χ1) is 12.5. The van der Waals surface area contributed by atoms with E-state index in [9.17, 15) is 9.59 Å². The van der Waals surface area contributed by atoms with Crippen molar-refractivity contribution >= 4 is 29.0 Å². The van der Waals surface area contributed by atoms with E-state index in [1.807, 2.05) is 31.2 Å². The normalized spacial score (nSPS) is 9.88. The van der Waals surface area contributed by atoms with Crippen LogP contribution in [0.1, 0.15) is 76.6 Å². The number of alkyl halides is 1. The van der Waals surface area contributed by atoms with Crippen LogP contribution in [0.15, 0.2) is 24.3 Å². The standard InChI is InChI=1S/C13H19NO.C8H15ClO2/c1-4-13(15)11-9-7-8-10-12(11)14(5-2)6-3;1-2-3-4-5-6-8(10)11-7-9/h7-10H,4-6H2,1-3H3;2-7H2,1H3. The summed E-state index contributed by atoms with van der Waals surface area (Å²) in [6, 6.07) is 7.83. The first-order valence-electron chi connectivity index (χ1n) is 9.64. The van der Waals surface area contributed by atoms with Crippen LogP contribution >= 0.6 is 11.6 Å². The summed E-state index contributed by atoms with van der Waals surface area (Å²) in [6.45, 7) is 10.1. The summed E-state index contributed by atoms with van der Waals surface area (Å²) >= 11 is 5.19. The highest BCUT2D eigenvalue weighted by atomic mass is 35.5. The van der Waals surface area contributed by atoms with Crippen molar-refractivity contribution in [2.24, 2.45) is 0 Å². The second kappa shape index (κ2) is 15.7. The quantitative estimate of drug-likeness (QED) is 0.209.